The van der Waals surface area contributed by atoms with Gasteiger partial charge in [-0.25, -0.2) is 5.43 Å². The van der Waals surface area contributed by atoms with Crippen molar-refractivity contribution in [1.82, 2.24) is 15.6 Å². The summed E-state index contributed by atoms with van der Waals surface area (Å²) in [7, 11) is 0. The first-order valence-electron chi connectivity index (χ1n) is 4.23. The minimum absolute atomic E-state index is 0.286. The van der Waals surface area contributed by atoms with Crippen LogP contribution in [0, 0.1) is 0 Å². The van der Waals surface area contributed by atoms with Crippen molar-refractivity contribution in [1.29, 1.82) is 0 Å². The van der Waals surface area contributed by atoms with Crippen LogP contribution in [0.3, 0.4) is 0 Å². The molecule has 0 saturated carbocycles. The van der Waals surface area contributed by atoms with E-state index >= 15 is 0 Å². The molecule has 1 fully saturated rings. The van der Waals surface area contributed by atoms with Crippen molar-refractivity contribution < 1.29 is 0 Å². The van der Waals surface area contributed by atoms with Crippen LogP contribution in [0.15, 0.2) is 0 Å². The molecule has 0 radical (unpaired) electrons. The highest BCUT2D eigenvalue weighted by atomic mass is 15.4. The third-order valence-electron chi connectivity index (χ3n) is 2.31. The van der Waals surface area contributed by atoms with Gasteiger partial charge in [-0.3, -0.25) is 10.7 Å². The number of piperazine rings is 1. The fraction of sp³-hybridized carbons (Fsp3) is 1.00. The molecule has 2 unspecified atom stereocenters. The standard InChI is InChI=1S/C7H18N4/c1-3-11-5-4-9-6(2)7(11)10-8/h6-7,9-10H,3-5,8H2,1-2H3. The number of nitrogens with two attached hydrogens (primary N) is 1. The number of nitrogens with zero attached hydrogens (tertiary/aromatic N) is 1. The second-order valence-corrected chi connectivity index (χ2v) is 2.98. The summed E-state index contributed by atoms with van der Waals surface area (Å²) in [6, 6.07) is 0.439. The molecule has 0 aliphatic carbocycles. The highest BCUT2D eigenvalue weighted by Gasteiger charge is 2.25. The summed E-state index contributed by atoms with van der Waals surface area (Å²) < 4.78 is 0. The number of likely N-dealkylation sites (N-methyl/N-ethyl adjacent to an activating group) is 1. The molecule has 0 aromatic heterocycles. The molecule has 4 N–H and O–H groups in total. The van der Waals surface area contributed by atoms with Crippen molar-refractivity contribution in [2.45, 2.75) is 26.1 Å². The van der Waals surface area contributed by atoms with Crippen LogP contribution in [-0.4, -0.2) is 36.7 Å². The van der Waals surface area contributed by atoms with E-state index in [0.29, 0.717) is 6.04 Å². The molecule has 0 aromatic rings. The second-order valence-electron chi connectivity index (χ2n) is 2.98. The van der Waals surface area contributed by atoms with Crippen LogP contribution in [0.2, 0.25) is 0 Å². The van der Waals surface area contributed by atoms with Crippen LogP contribution in [0.5, 0.6) is 0 Å². The highest BCUT2D eigenvalue weighted by molar-refractivity contribution is 4.82. The molecule has 4 nitrogen and oxygen atoms in total. The van der Waals surface area contributed by atoms with Crippen molar-refractivity contribution in [3.05, 3.63) is 0 Å². The Morgan fingerprint density at radius 1 is 1.73 bits per heavy atom. The molecule has 11 heavy (non-hydrogen) atoms. The Morgan fingerprint density at radius 3 is 2.91 bits per heavy atom. The molecule has 1 aliphatic rings. The zero-order chi connectivity index (χ0) is 8.27. The fourth-order valence-corrected chi connectivity index (χ4v) is 1.61. The Hall–Kier alpha value is -0.160. The Kier molecular flexibility index (Phi) is 3.26. The van der Waals surface area contributed by atoms with E-state index in [4.69, 9.17) is 5.84 Å². The van der Waals surface area contributed by atoms with E-state index in [2.05, 4.69) is 29.5 Å². The molecule has 1 aliphatic heterocycles. The van der Waals surface area contributed by atoms with Crippen molar-refractivity contribution >= 4 is 0 Å². The van der Waals surface area contributed by atoms with Crippen LogP contribution < -0.4 is 16.6 Å². The van der Waals surface area contributed by atoms with Gasteiger partial charge < -0.3 is 5.32 Å². The molecule has 66 valence electrons. The molecule has 1 rings (SSSR count). The topological polar surface area (TPSA) is 53.3 Å². The van der Waals surface area contributed by atoms with Crippen molar-refractivity contribution in [2.75, 3.05) is 19.6 Å². The second kappa shape index (κ2) is 4.01. The molecule has 2 atom stereocenters. The van der Waals surface area contributed by atoms with E-state index < -0.39 is 0 Å². The molecule has 4 heteroatoms. The maximum atomic E-state index is 5.43. The van der Waals surface area contributed by atoms with Crippen LogP contribution in [0.25, 0.3) is 0 Å². The SMILES string of the molecule is CCN1CCNC(C)C1NN. The smallest absolute Gasteiger partial charge is 0.0879 e. The summed E-state index contributed by atoms with van der Waals surface area (Å²) in [4.78, 5) is 2.33. The van der Waals surface area contributed by atoms with Gasteiger partial charge in [0.1, 0.15) is 0 Å². The lowest BCUT2D eigenvalue weighted by Gasteiger charge is -2.39. The first-order chi connectivity index (χ1) is 5.29. The normalized spacial score (nSPS) is 34.1. The van der Waals surface area contributed by atoms with Gasteiger partial charge in [0.05, 0.1) is 6.17 Å². The molecular weight excluding hydrogens is 140 g/mol. The summed E-state index contributed by atoms with van der Waals surface area (Å²) in [5.74, 6) is 5.43. The number of hydrazine groups is 1. The first kappa shape index (κ1) is 8.93. The van der Waals surface area contributed by atoms with Gasteiger partial charge in [0.25, 0.3) is 0 Å². The maximum absolute atomic E-state index is 5.43. The first-order valence-corrected chi connectivity index (χ1v) is 4.23. The highest BCUT2D eigenvalue weighted by Crippen LogP contribution is 2.04. The molecule has 1 saturated heterocycles. The van der Waals surface area contributed by atoms with Gasteiger partial charge in [0.15, 0.2) is 0 Å². The van der Waals surface area contributed by atoms with E-state index in [1.807, 2.05) is 0 Å². The van der Waals surface area contributed by atoms with Crippen molar-refractivity contribution in [3.8, 4) is 0 Å². The summed E-state index contributed by atoms with van der Waals surface area (Å²) in [5.41, 5.74) is 2.82. The molecule has 1 heterocycles. The number of rotatable bonds is 2. The van der Waals surface area contributed by atoms with E-state index in [-0.39, 0.29) is 6.17 Å². The van der Waals surface area contributed by atoms with Gasteiger partial charge in [-0.05, 0) is 13.5 Å². The predicted octanol–water partition coefficient (Wildman–Crippen LogP) is -0.911. The Labute approximate surface area is 68.1 Å². The molecular formula is C7H18N4. The zero-order valence-corrected chi connectivity index (χ0v) is 7.30. The van der Waals surface area contributed by atoms with Gasteiger partial charge in [-0.2, -0.15) is 0 Å². The van der Waals surface area contributed by atoms with Crippen molar-refractivity contribution in [2.24, 2.45) is 5.84 Å². The molecule has 0 amide bonds. The van der Waals surface area contributed by atoms with Crippen LogP contribution in [-0.2, 0) is 0 Å². The van der Waals surface area contributed by atoms with Gasteiger partial charge in [-0.1, -0.05) is 6.92 Å². The number of hydrogen-bond donors (Lipinski definition) is 3. The van der Waals surface area contributed by atoms with E-state index in [9.17, 15) is 0 Å². The summed E-state index contributed by atoms with van der Waals surface area (Å²) in [5, 5.41) is 3.36. The summed E-state index contributed by atoms with van der Waals surface area (Å²) in [6.45, 7) is 7.50. The average Bonchev–Trinajstić information content (AvgIpc) is 2.04. The largest absolute Gasteiger partial charge is 0.310 e. The summed E-state index contributed by atoms with van der Waals surface area (Å²) in [6.07, 6.45) is 0.286. The van der Waals surface area contributed by atoms with E-state index in [1.165, 1.54) is 0 Å². The van der Waals surface area contributed by atoms with Crippen LogP contribution in [0.1, 0.15) is 13.8 Å². The van der Waals surface area contributed by atoms with Gasteiger partial charge in [0.2, 0.25) is 0 Å². The average molecular weight is 158 g/mol. The number of nitrogens with one attached hydrogen (secondary N) is 2. The molecule has 0 spiro atoms. The van der Waals surface area contributed by atoms with Gasteiger partial charge in [0, 0.05) is 19.1 Å². The van der Waals surface area contributed by atoms with Crippen LogP contribution >= 0.6 is 0 Å². The third-order valence-corrected chi connectivity index (χ3v) is 2.31. The Bertz CT molecular complexity index is 117. The lowest BCUT2D eigenvalue weighted by Crippen LogP contribution is -2.63. The number of hydrogen-bond acceptors (Lipinski definition) is 4. The molecule has 0 aromatic carbocycles. The lowest BCUT2D eigenvalue weighted by molar-refractivity contribution is 0.106. The fourth-order valence-electron chi connectivity index (χ4n) is 1.61. The zero-order valence-electron chi connectivity index (χ0n) is 7.30. The van der Waals surface area contributed by atoms with E-state index in [0.717, 1.165) is 19.6 Å². The van der Waals surface area contributed by atoms with Crippen molar-refractivity contribution in [3.63, 3.8) is 0 Å². The lowest BCUT2D eigenvalue weighted by atomic mass is 10.2. The minimum Gasteiger partial charge on any atom is -0.310 e. The van der Waals surface area contributed by atoms with Crippen LogP contribution in [0.4, 0.5) is 0 Å². The predicted molar refractivity (Wildman–Crippen MR) is 45.8 cm³/mol. The third kappa shape index (κ3) is 1.90. The quantitative estimate of drug-likeness (QED) is 0.360. The Morgan fingerprint density at radius 2 is 2.45 bits per heavy atom. The monoisotopic (exact) mass is 158 g/mol. The minimum atomic E-state index is 0.286. The Balaban J connectivity index is 2.48. The summed E-state index contributed by atoms with van der Waals surface area (Å²) >= 11 is 0. The maximum Gasteiger partial charge on any atom is 0.0879 e. The van der Waals surface area contributed by atoms with Gasteiger partial charge >= 0.3 is 0 Å². The molecule has 0 bridgehead atoms. The van der Waals surface area contributed by atoms with Gasteiger partial charge in [-0.15, -0.1) is 0 Å². The van der Waals surface area contributed by atoms with E-state index in [1.54, 1.807) is 0 Å².